The Labute approximate surface area is 268 Å². The second-order valence-corrected chi connectivity index (χ2v) is 14.9. The first-order valence-corrected chi connectivity index (χ1v) is 16.9. The van der Waals surface area contributed by atoms with E-state index < -0.39 is 11.6 Å². The van der Waals surface area contributed by atoms with Crippen LogP contribution in [0.4, 0.5) is 0 Å². The van der Waals surface area contributed by atoms with E-state index in [1.54, 1.807) is 0 Å². The summed E-state index contributed by atoms with van der Waals surface area (Å²) in [5, 5.41) is 0. The molecule has 7 rings (SSSR count). The molecule has 242 valence electrons. The van der Waals surface area contributed by atoms with Crippen LogP contribution in [0.3, 0.4) is 0 Å². The van der Waals surface area contributed by atoms with E-state index in [0.29, 0.717) is 31.6 Å². The van der Waals surface area contributed by atoms with Crippen LogP contribution in [0.15, 0.2) is 49.0 Å². The summed E-state index contributed by atoms with van der Waals surface area (Å²) >= 11 is 0. The molecule has 7 nitrogen and oxygen atoms in total. The van der Waals surface area contributed by atoms with Crippen LogP contribution < -0.4 is 10.2 Å². The van der Waals surface area contributed by atoms with Gasteiger partial charge >= 0.3 is 5.97 Å². The van der Waals surface area contributed by atoms with Crippen LogP contribution in [0, 0.1) is 17.8 Å². The molecule has 0 radical (unpaired) electrons. The number of carbonyl (C=O) groups excluding carboxylic acids is 2. The summed E-state index contributed by atoms with van der Waals surface area (Å²) in [6.07, 6.45) is 11.3. The van der Waals surface area contributed by atoms with Gasteiger partial charge in [-0.2, -0.15) is 0 Å². The number of amides is 1. The molecule has 1 N–H and O–H groups in total. The van der Waals surface area contributed by atoms with Crippen molar-refractivity contribution in [2.45, 2.75) is 109 Å². The third-order valence-corrected chi connectivity index (χ3v) is 10.0. The van der Waals surface area contributed by atoms with Crippen molar-refractivity contribution in [3.63, 3.8) is 0 Å². The number of nitrogens with one attached hydrogen (secondary N) is 1. The van der Waals surface area contributed by atoms with E-state index in [0.717, 1.165) is 53.9 Å². The fourth-order valence-corrected chi connectivity index (χ4v) is 8.46. The average molecular weight is 616 g/mol. The van der Waals surface area contributed by atoms with Crippen LogP contribution in [-0.4, -0.2) is 37.0 Å². The minimum Gasteiger partial charge on any atom is -0.494 e. The number of hydrogen-bond acceptors (Lipinski definition) is 6. The van der Waals surface area contributed by atoms with Gasteiger partial charge in [0, 0.05) is 19.4 Å². The summed E-state index contributed by atoms with van der Waals surface area (Å²) in [6.45, 7) is 10.7. The molecule has 4 aliphatic carbocycles. The van der Waals surface area contributed by atoms with E-state index in [-0.39, 0.29) is 17.6 Å². The molecule has 4 saturated carbocycles. The Morgan fingerprint density at radius 2 is 1.67 bits per heavy atom. The van der Waals surface area contributed by atoms with Crippen molar-refractivity contribution in [3.05, 3.63) is 60.2 Å². The van der Waals surface area contributed by atoms with Crippen molar-refractivity contribution < 1.29 is 28.6 Å². The number of benzene rings is 2. The van der Waals surface area contributed by atoms with Crippen molar-refractivity contribution in [1.29, 1.82) is 0 Å². The molecule has 4 bridgehead atoms. The zero-order valence-corrected chi connectivity index (χ0v) is 27.2. The average Bonchev–Trinajstić information content (AvgIpc) is 3.01. The van der Waals surface area contributed by atoms with Crippen LogP contribution in [0.2, 0.25) is 0 Å². The quantitative estimate of drug-likeness (QED) is 0.120. The van der Waals surface area contributed by atoms with Crippen LogP contribution in [0.1, 0.15) is 103 Å². The van der Waals surface area contributed by atoms with Gasteiger partial charge in [-0.3, -0.25) is 4.79 Å². The molecule has 5 aliphatic rings. The van der Waals surface area contributed by atoms with Gasteiger partial charge < -0.3 is 14.2 Å². The molecular formula is C38H49NO6. The van der Waals surface area contributed by atoms with E-state index in [2.05, 4.69) is 42.4 Å². The zero-order chi connectivity index (χ0) is 31.6. The number of hydroxylamine groups is 1. The van der Waals surface area contributed by atoms with Crippen molar-refractivity contribution in [3.8, 4) is 16.9 Å². The van der Waals surface area contributed by atoms with E-state index in [9.17, 15) is 9.59 Å². The smallest absolute Gasteiger partial charge is 0.338 e. The predicted octanol–water partition coefficient (Wildman–Crippen LogP) is 7.91. The Morgan fingerprint density at radius 1 is 0.978 bits per heavy atom. The minimum absolute atomic E-state index is 0.157. The van der Waals surface area contributed by atoms with E-state index in [1.165, 1.54) is 49.7 Å². The van der Waals surface area contributed by atoms with Gasteiger partial charge in [0.05, 0.1) is 12.2 Å². The third kappa shape index (κ3) is 7.63. The molecule has 1 amide bonds. The van der Waals surface area contributed by atoms with Gasteiger partial charge in [-0.05, 0) is 136 Å². The molecule has 0 spiro atoms. The highest BCUT2D eigenvalue weighted by atomic mass is 16.8. The fourth-order valence-electron chi connectivity index (χ4n) is 8.46. The lowest BCUT2D eigenvalue weighted by Gasteiger charge is -2.57. The maximum atomic E-state index is 12.6. The molecule has 2 aromatic carbocycles. The minimum atomic E-state index is -0.568. The highest BCUT2D eigenvalue weighted by Gasteiger charge is 2.52. The molecule has 1 heterocycles. The summed E-state index contributed by atoms with van der Waals surface area (Å²) in [4.78, 5) is 30.3. The Bertz CT molecular complexity index is 1350. The number of esters is 1. The number of hydrogen-bond donors (Lipinski definition) is 1. The van der Waals surface area contributed by atoms with Gasteiger partial charge in [0.1, 0.15) is 11.4 Å². The van der Waals surface area contributed by atoms with Gasteiger partial charge in [0.25, 0.3) is 0 Å². The normalized spacial score (nSPS) is 27.2. The van der Waals surface area contributed by atoms with Gasteiger partial charge in [-0.25, -0.2) is 15.1 Å². The molecule has 1 unspecified atom stereocenters. The molecule has 1 aliphatic heterocycles. The Balaban J connectivity index is 1.16. The molecule has 1 atom stereocenters. The molecule has 7 heteroatoms. The lowest BCUT2D eigenvalue weighted by Crippen LogP contribution is -2.48. The number of carbonyl (C=O) groups is 2. The Hall–Kier alpha value is -3.16. The molecular weight excluding hydrogens is 566 g/mol. The summed E-state index contributed by atoms with van der Waals surface area (Å²) in [7, 11) is 0. The van der Waals surface area contributed by atoms with Crippen molar-refractivity contribution in [2.75, 3.05) is 13.2 Å². The highest BCUT2D eigenvalue weighted by Crippen LogP contribution is 2.62. The maximum Gasteiger partial charge on any atom is 0.338 e. The first-order chi connectivity index (χ1) is 21.6. The Kier molecular flexibility index (Phi) is 9.39. The molecule has 2 aromatic rings. The maximum absolute atomic E-state index is 12.6. The van der Waals surface area contributed by atoms with Crippen molar-refractivity contribution >= 4 is 17.4 Å². The Morgan fingerprint density at radius 3 is 2.29 bits per heavy atom. The molecule has 5 fully saturated rings. The molecule has 1 saturated heterocycles. The topological polar surface area (TPSA) is 83.1 Å². The number of rotatable bonds is 11. The molecule has 0 aromatic heterocycles. The summed E-state index contributed by atoms with van der Waals surface area (Å²) in [5.74, 6) is 2.74. The second-order valence-electron chi connectivity index (χ2n) is 14.9. The van der Waals surface area contributed by atoms with Gasteiger partial charge in [0.2, 0.25) is 5.91 Å². The van der Waals surface area contributed by atoms with Gasteiger partial charge in [-0.15, -0.1) is 0 Å². The lowest BCUT2D eigenvalue weighted by molar-refractivity contribution is -0.200. The summed E-state index contributed by atoms with van der Waals surface area (Å²) in [5.41, 5.74) is 7.02. The fraction of sp³-hybridized carbons (Fsp3) is 0.579. The summed E-state index contributed by atoms with van der Waals surface area (Å²) < 4.78 is 17.3. The number of ether oxygens (including phenoxy) is 3. The van der Waals surface area contributed by atoms with E-state index in [4.69, 9.17) is 19.0 Å². The van der Waals surface area contributed by atoms with Crippen molar-refractivity contribution in [1.82, 2.24) is 5.48 Å². The highest BCUT2D eigenvalue weighted by molar-refractivity contribution is 6.15. The van der Waals surface area contributed by atoms with E-state index >= 15 is 0 Å². The van der Waals surface area contributed by atoms with E-state index in [1.807, 2.05) is 32.9 Å². The van der Waals surface area contributed by atoms with Gasteiger partial charge in [0.15, 0.2) is 6.29 Å². The first-order valence-electron chi connectivity index (χ1n) is 16.9. The second kappa shape index (κ2) is 13.3. The van der Waals surface area contributed by atoms with Crippen molar-refractivity contribution in [2.24, 2.45) is 17.8 Å². The van der Waals surface area contributed by atoms with Crippen LogP contribution >= 0.6 is 0 Å². The summed E-state index contributed by atoms with van der Waals surface area (Å²) in [6, 6.07) is 14.7. The van der Waals surface area contributed by atoms with Crippen LogP contribution in [0.25, 0.3) is 16.7 Å². The largest absolute Gasteiger partial charge is 0.494 e. The monoisotopic (exact) mass is 615 g/mol. The third-order valence-electron chi connectivity index (χ3n) is 10.0. The molecule has 45 heavy (non-hydrogen) atoms. The first kappa shape index (κ1) is 31.8. The van der Waals surface area contributed by atoms with Crippen LogP contribution in [0.5, 0.6) is 5.75 Å². The lowest BCUT2D eigenvalue weighted by atomic mass is 9.47. The zero-order valence-electron chi connectivity index (χ0n) is 27.2. The van der Waals surface area contributed by atoms with Crippen LogP contribution in [-0.2, 0) is 29.3 Å². The predicted molar refractivity (Wildman–Crippen MR) is 174 cm³/mol. The SMILES string of the molecule is C=C(C(=O)OC(C)(C)C)c1ccc(-c2ccc(OCCCC(=O)NOC3CCCCO3)cc2C23CC4CC(CC(C4)C2)C3)cc1. The standard InChI is InChI=1S/C38H49NO6/c1-25(36(41)44-37(2,3)4)29-10-12-30(13-11-29)32-15-14-31(42-17-7-8-34(40)39-45-35-9-5-6-16-43-35)21-33(32)38-22-26-18-27(23-38)20-28(19-26)24-38/h10-15,21,26-28,35H,1,5-9,16-20,22-24H2,2-4H3,(H,39,40). The van der Waals surface area contributed by atoms with Gasteiger partial charge in [-0.1, -0.05) is 36.9 Å².